The van der Waals surface area contributed by atoms with Gasteiger partial charge in [-0.05, 0) is 25.7 Å². The molecule has 11 nitrogen and oxygen atoms in total. The maximum Gasteiger partial charge on any atom is 0.472 e. The summed E-state index contributed by atoms with van der Waals surface area (Å²) in [6.07, 6.45) is 45.8. The molecular weight excluding hydrogens is 781 g/mol. The minimum atomic E-state index is -4.72. The summed E-state index contributed by atoms with van der Waals surface area (Å²) in [6, 6.07) is -1.52. The molecule has 0 spiro atoms. The van der Waals surface area contributed by atoms with Gasteiger partial charge in [-0.1, -0.05) is 219 Å². The molecule has 0 bridgehead atoms. The van der Waals surface area contributed by atoms with Crippen molar-refractivity contribution in [1.82, 2.24) is 0 Å². The Bertz CT molecular complexity index is 1070. The van der Waals surface area contributed by atoms with E-state index in [1.54, 1.807) is 0 Å². The molecule has 0 aromatic carbocycles. The molecule has 0 saturated carbocycles. The lowest BCUT2D eigenvalue weighted by atomic mass is 10.0. The van der Waals surface area contributed by atoms with E-state index < -0.39 is 51.1 Å². The van der Waals surface area contributed by atoms with Crippen LogP contribution in [0.25, 0.3) is 0 Å². The maximum absolute atomic E-state index is 12.7. The summed E-state index contributed by atoms with van der Waals surface area (Å²) in [5.74, 6) is -2.42. The van der Waals surface area contributed by atoms with Crippen LogP contribution in [0.4, 0.5) is 0 Å². The summed E-state index contributed by atoms with van der Waals surface area (Å²) in [5.41, 5.74) is 5.34. The van der Waals surface area contributed by atoms with Gasteiger partial charge >= 0.3 is 25.7 Å². The fourth-order valence-corrected chi connectivity index (χ4v) is 7.92. The highest BCUT2D eigenvalue weighted by atomic mass is 31.2. The number of phosphoric ester groups is 1. The molecule has 1 unspecified atom stereocenters. The van der Waals surface area contributed by atoms with E-state index in [1.165, 1.54) is 173 Å². The van der Waals surface area contributed by atoms with Crippen molar-refractivity contribution >= 4 is 25.7 Å². The van der Waals surface area contributed by atoms with Crippen LogP contribution in [0.5, 0.6) is 0 Å². The summed E-state index contributed by atoms with van der Waals surface area (Å²) >= 11 is 0. The molecule has 4 N–H and O–H groups in total. The average molecular weight is 874 g/mol. The molecule has 0 rings (SSSR count). The molecule has 0 aromatic heterocycles. The van der Waals surface area contributed by atoms with Gasteiger partial charge in [0.15, 0.2) is 6.10 Å². The molecule has 12 heteroatoms. The summed E-state index contributed by atoms with van der Waals surface area (Å²) in [5, 5.41) is 8.91. The van der Waals surface area contributed by atoms with Crippen molar-refractivity contribution < 1.29 is 47.5 Å². The number of aliphatic carboxylic acids is 1. The van der Waals surface area contributed by atoms with Gasteiger partial charge in [-0.3, -0.25) is 23.4 Å². The second kappa shape index (κ2) is 43.9. The molecule has 0 heterocycles. The molecule has 0 fully saturated rings. The third-order valence-electron chi connectivity index (χ3n) is 11.0. The van der Waals surface area contributed by atoms with Gasteiger partial charge in [-0.25, -0.2) is 4.57 Å². The first kappa shape index (κ1) is 58.2. The molecule has 0 amide bonds. The molecule has 0 aromatic rings. The van der Waals surface area contributed by atoms with Crippen molar-refractivity contribution in [3.05, 3.63) is 12.2 Å². The van der Waals surface area contributed by atoms with Crippen LogP contribution >= 0.6 is 7.82 Å². The summed E-state index contributed by atoms with van der Waals surface area (Å²) < 4.78 is 32.8. The number of ether oxygens (including phenoxy) is 2. The molecule has 0 aliphatic carbocycles. The number of allylic oxidation sites excluding steroid dienone is 2. The maximum atomic E-state index is 12.7. The number of hydrogen-bond acceptors (Lipinski definition) is 9. The molecule has 0 radical (unpaired) electrons. The van der Waals surface area contributed by atoms with Crippen molar-refractivity contribution in [3.63, 3.8) is 0 Å². The van der Waals surface area contributed by atoms with E-state index in [0.717, 1.165) is 32.1 Å². The van der Waals surface area contributed by atoms with Crippen LogP contribution in [-0.2, 0) is 37.5 Å². The third kappa shape index (κ3) is 42.9. The van der Waals surface area contributed by atoms with E-state index in [2.05, 4.69) is 24.4 Å². The van der Waals surface area contributed by atoms with Crippen LogP contribution < -0.4 is 5.73 Å². The Balaban J connectivity index is 4.25. The standard InChI is InChI=1S/C48H92NO10P/c1-3-5-7-9-11-13-15-17-19-20-21-22-23-24-26-28-30-32-34-36-38-40-47(51)59-44(42-57-60(54,55)58-43-45(49)48(52)53)41-56-46(50)39-37-35-33-31-29-27-25-18-16-14-12-10-8-6-4-2/h33,35,44-45H,3-32,34,36-43,49H2,1-2H3,(H,52,53)(H,54,55)/b35-33+/t44-,45-/m0/s1. The van der Waals surface area contributed by atoms with Crippen molar-refractivity contribution in [3.8, 4) is 0 Å². The Morgan fingerprint density at radius 2 is 0.867 bits per heavy atom. The molecule has 0 aliphatic rings. The third-order valence-corrected chi connectivity index (χ3v) is 12.0. The molecule has 0 saturated heterocycles. The second-order valence-corrected chi connectivity index (χ2v) is 18.4. The fraction of sp³-hybridized carbons (Fsp3) is 0.896. The van der Waals surface area contributed by atoms with Gasteiger partial charge in [0.2, 0.25) is 0 Å². The predicted octanol–water partition coefficient (Wildman–Crippen LogP) is 13.6. The van der Waals surface area contributed by atoms with Gasteiger partial charge in [0.25, 0.3) is 0 Å². The van der Waals surface area contributed by atoms with Crippen LogP contribution in [0.1, 0.15) is 245 Å². The van der Waals surface area contributed by atoms with Crippen molar-refractivity contribution in [2.24, 2.45) is 5.73 Å². The van der Waals surface area contributed by atoms with Crippen LogP contribution in [0, 0.1) is 0 Å². The smallest absolute Gasteiger partial charge is 0.472 e. The number of esters is 2. The van der Waals surface area contributed by atoms with Crippen LogP contribution in [-0.4, -0.2) is 59.9 Å². The first-order chi connectivity index (χ1) is 29.1. The second-order valence-electron chi connectivity index (χ2n) is 17.0. The lowest BCUT2D eigenvalue weighted by molar-refractivity contribution is -0.161. The SMILES string of the molecule is CCCCCCCCCCCCC/C=C/CCC(=O)OC[C@@H](COP(=O)(O)OC[C@H](N)C(=O)O)OC(=O)CCCCCCCCCCCCCCCCCCCCCCC. The van der Waals surface area contributed by atoms with E-state index in [9.17, 15) is 23.8 Å². The predicted molar refractivity (Wildman–Crippen MR) is 245 cm³/mol. The van der Waals surface area contributed by atoms with Gasteiger partial charge in [-0.2, -0.15) is 0 Å². The number of nitrogens with two attached hydrogens (primary N) is 1. The van der Waals surface area contributed by atoms with E-state index in [0.29, 0.717) is 12.8 Å². The molecule has 354 valence electrons. The number of rotatable bonds is 47. The number of hydrogen-bond donors (Lipinski definition) is 3. The number of carbonyl (C=O) groups is 3. The van der Waals surface area contributed by atoms with Gasteiger partial charge < -0.3 is 25.2 Å². The van der Waals surface area contributed by atoms with E-state index in [4.69, 9.17) is 24.8 Å². The number of unbranched alkanes of at least 4 members (excludes halogenated alkanes) is 31. The quantitative estimate of drug-likeness (QED) is 0.0230. The number of carbonyl (C=O) groups excluding carboxylic acids is 2. The zero-order valence-corrected chi connectivity index (χ0v) is 39.5. The molecule has 60 heavy (non-hydrogen) atoms. The molecule has 0 aliphatic heterocycles. The van der Waals surface area contributed by atoms with Crippen LogP contribution in [0.15, 0.2) is 12.2 Å². The Morgan fingerprint density at radius 3 is 1.28 bits per heavy atom. The average Bonchev–Trinajstić information content (AvgIpc) is 3.22. The van der Waals surface area contributed by atoms with Crippen molar-refractivity contribution in [2.75, 3.05) is 19.8 Å². The van der Waals surface area contributed by atoms with E-state index in [1.807, 2.05) is 6.08 Å². The number of phosphoric acid groups is 1. The van der Waals surface area contributed by atoms with Crippen molar-refractivity contribution in [2.45, 2.75) is 257 Å². The largest absolute Gasteiger partial charge is 0.480 e. The van der Waals surface area contributed by atoms with E-state index in [-0.39, 0.29) is 19.4 Å². The lowest BCUT2D eigenvalue weighted by Crippen LogP contribution is -2.34. The first-order valence-electron chi connectivity index (χ1n) is 24.7. The highest BCUT2D eigenvalue weighted by Gasteiger charge is 2.28. The van der Waals surface area contributed by atoms with Gasteiger partial charge in [-0.15, -0.1) is 0 Å². The normalized spacial score (nSPS) is 13.7. The minimum absolute atomic E-state index is 0.143. The number of carboxylic acids is 1. The van der Waals surface area contributed by atoms with Crippen LogP contribution in [0.3, 0.4) is 0 Å². The molecular formula is C48H92NO10P. The zero-order chi connectivity index (χ0) is 44.2. The Morgan fingerprint density at radius 1 is 0.500 bits per heavy atom. The van der Waals surface area contributed by atoms with Gasteiger partial charge in [0.05, 0.1) is 13.2 Å². The van der Waals surface area contributed by atoms with Gasteiger partial charge in [0.1, 0.15) is 12.6 Å². The molecule has 3 atom stereocenters. The highest BCUT2D eigenvalue weighted by Crippen LogP contribution is 2.43. The van der Waals surface area contributed by atoms with Gasteiger partial charge in [0, 0.05) is 12.8 Å². The topological polar surface area (TPSA) is 172 Å². The zero-order valence-electron chi connectivity index (χ0n) is 38.6. The summed E-state index contributed by atoms with van der Waals surface area (Å²) in [7, 11) is -4.72. The highest BCUT2D eigenvalue weighted by molar-refractivity contribution is 7.47. The lowest BCUT2D eigenvalue weighted by Gasteiger charge is -2.20. The van der Waals surface area contributed by atoms with Crippen molar-refractivity contribution in [1.29, 1.82) is 0 Å². The summed E-state index contributed by atoms with van der Waals surface area (Å²) in [4.78, 5) is 46.1. The fourth-order valence-electron chi connectivity index (χ4n) is 7.14. The minimum Gasteiger partial charge on any atom is -0.480 e. The number of carboxylic acid groups (broad SMARTS) is 1. The Hall–Kier alpha value is -1.78. The van der Waals surface area contributed by atoms with E-state index >= 15 is 0 Å². The van der Waals surface area contributed by atoms with Crippen LogP contribution in [0.2, 0.25) is 0 Å². The first-order valence-corrected chi connectivity index (χ1v) is 26.2. The Labute approximate surface area is 367 Å². The Kier molecular flexibility index (Phi) is 42.6. The monoisotopic (exact) mass is 874 g/mol. The summed E-state index contributed by atoms with van der Waals surface area (Å²) in [6.45, 7) is 2.81.